The van der Waals surface area contributed by atoms with Crippen molar-refractivity contribution in [1.82, 2.24) is 30.3 Å². The third-order valence-electron chi connectivity index (χ3n) is 3.35. The number of nitrogens with zero attached hydrogens (tertiary/aromatic N) is 5. The second-order valence-corrected chi connectivity index (χ2v) is 7.07. The van der Waals surface area contributed by atoms with Gasteiger partial charge >= 0.3 is 6.09 Å². The Kier molecular flexibility index (Phi) is 7.66. The van der Waals surface area contributed by atoms with Crippen LogP contribution in [0.5, 0.6) is 0 Å². The Balaban J connectivity index is 2.37. The summed E-state index contributed by atoms with van der Waals surface area (Å²) in [6, 6.07) is 0. The smallest absolute Gasteiger partial charge is 0.410 e. The monoisotopic (exact) mass is 353 g/mol. The molecule has 142 valence electrons. The van der Waals surface area contributed by atoms with Gasteiger partial charge in [-0.15, -0.1) is 0 Å². The van der Waals surface area contributed by atoms with E-state index in [9.17, 15) is 4.79 Å². The first-order chi connectivity index (χ1) is 11.6. The van der Waals surface area contributed by atoms with Crippen LogP contribution < -0.4 is 10.6 Å². The molecular formula is C16H31N7O2. The lowest BCUT2D eigenvalue weighted by atomic mass is 10.1. The third kappa shape index (κ3) is 7.86. The summed E-state index contributed by atoms with van der Waals surface area (Å²) in [4.78, 5) is 21.9. The van der Waals surface area contributed by atoms with Crippen molar-refractivity contribution in [2.45, 2.75) is 39.8 Å². The minimum absolute atomic E-state index is 0.228. The van der Waals surface area contributed by atoms with E-state index in [1.807, 2.05) is 27.8 Å². The summed E-state index contributed by atoms with van der Waals surface area (Å²) < 4.78 is 7.06. The van der Waals surface area contributed by atoms with Gasteiger partial charge in [0.05, 0.1) is 6.54 Å². The van der Waals surface area contributed by atoms with Crippen molar-refractivity contribution in [3.8, 4) is 0 Å². The highest BCUT2D eigenvalue weighted by Crippen LogP contribution is 2.10. The Hall–Kier alpha value is -2.32. The van der Waals surface area contributed by atoms with Gasteiger partial charge < -0.3 is 20.3 Å². The van der Waals surface area contributed by atoms with E-state index >= 15 is 0 Å². The van der Waals surface area contributed by atoms with E-state index in [2.05, 4.69) is 32.6 Å². The van der Waals surface area contributed by atoms with Gasteiger partial charge in [0.25, 0.3) is 0 Å². The molecule has 0 saturated heterocycles. The molecule has 9 nitrogen and oxygen atoms in total. The molecule has 1 amide bonds. The number of aryl methyl sites for hydroxylation is 1. The summed E-state index contributed by atoms with van der Waals surface area (Å²) in [5.41, 5.74) is -0.487. The topological polar surface area (TPSA) is 96.7 Å². The van der Waals surface area contributed by atoms with Crippen molar-refractivity contribution in [2.75, 3.05) is 27.2 Å². The highest BCUT2D eigenvalue weighted by atomic mass is 16.6. The molecule has 2 N–H and O–H groups in total. The summed E-state index contributed by atoms with van der Waals surface area (Å²) in [6.45, 7) is 9.42. The van der Waals surface area contributed by atoms with Crippen LogP contribution in [0.3, 0.4) is 0 Å². The van der Waals surface area contributed by atoms with Crippen molar-refractivity contribution in [2.24, 2.45) is 18.0 Å². The van der Waals surface area contributed by atoms with Crippen molar-refractivity contribution in [1.29, 1.82) is 0 Å². The summed E-state index contributed by atoms with van der Waals surface area (Å²) >= 11 is 0. The van der Waals surface area contributed by atoms with E-state index < -0.39 is 5.60 Å². The predicted molar refractivity (Wildman–Crippen MR) is 97.2 cm³/mol. The number of rotatable bonds is 6. The zero-order chi connectivity index (χ0) is 19.0. The number of aromatic nitrogens is 3. The van der Waals surface area contributed by atoms with Crippen LogP contribution in [0, 0.1) is 5.92 Å². The Bertz CT molecular complexity index is 577. The lowest BCUT2D eigenvalue weighted by Gasteiger charge is -2.26. The van der Waals surface area contributed by atoms with Crippen molar-refractivity contribution < 1.29 is 9.53 Å². The largest absolute Gasteiger partial charge is 0.444 e. The number of guanidine groups is 1. The van der Waals surface area contributed by atoms with Gasteiger partial charge in [-0.25, -0.2) is 9.78 Å². The Labute approximate surface area is 149 Å². The van der Waals surface area contributed by atoms with Crippen LogP contribution in [-0.4, -0.2) is 64.5 Å². The predicted octanol–water partition coefficient (Wildman–Crippen LogP) is 0.983. The molecule has 1 atom stereocenters. The van der Waals surface area contributed by atoms with Gasteiger partial charge in [0.1, 0.15) is 17.8 Å². The molecule has 0 spiro atoms. The Morgan fingerprint density at radius 3 is 2.64 bits per heavy atom. The van der Waals surface area contributed by atoms with E-state index in [0.717, 1.165) is 5.82 Å². The SMILES string of the molecule is CN=C(NCc1ncnn1C)NCC(C)CN(C)C(=O)OC(C)(C)C. The van der Waals surface area contributed by atoms with Crippen molar-refractivity contribution in [3.05, 3.63) is 12.2 Å². The third-order valence-corrected chi connectivity index (χ3v) is 3.35. The first-order valence-electron chi connectivity index (χ1n) is 8.34. The number of amides is 1. The number of carbonyl (C=O) groups is 1. The molecule has 1 aromatic rings. The number of ether oxygens (including phenoxy) is 1. The molecule has 0 aromatic carbocycles. The van der Waals surface area contributed by atoms with Gasteiger partial charge in [-0.1, -0.05) is 6.92 Å². The zero-order valence-corrected chi connectivity index (χ0v) is 16.3. The van der Waals surface area contributed by atoms with Gasteiger partial charge in [-0.05, 0) is 26.7 Å². The maximum atomic E-state index is 12.0. The van der Waals surface area contributed by atoms with Crippen LogP contribution in [0.4, 0.5) is 4.79 Å². The maximum absolute atomic E-state index is 12.0. The molecule has 0 aliphatic carbocycles. The van der Waals surface area contributed by atoms with Crippen molar-refractivity contribution in [3.63, 3.8) is 0 Å². The maximum Gasteiger partial charge on any atom is 0.410 e. The van der Waals surface area contributed by atoms with E-state index in [-0.39, 0.29) is 12.0 Å². The number of aliphatic imine (C=N–C) groups is 1. The van der Waals surface area contributed by atoms with Crippen LogP contribution in [0.2, 0.25) is 0 Å². The lowest BCUT2D eigenvalue weighted by molar-refractivity contribution is 0.0278. The second kappa shape index (κ2) is 9.24. The highest BCUT2D eigenvalue weighted by molar-refractivity contribution is 5.79. The van der Waals surface area contributed by atoms with Crippen LogP contribution in [-0.2, 0) is 18.3 Å². The van der Waals surface area contributed by atoms with Gasteiger partial charge in [-0.2, -0.15) is 5.10 Å². The number of carbonyl (C=O) groups excluding carboxylic acids is 1. The van der Waals surface area contributed by atoms with E-state index in [4.69, 9.17) is 4.74 Å². The van der Waals surface area contributed by atoms with E-state index in [0.29, 0.717) is 25.6 Å². The molecule has 0 aliphatic heterocycles. The molecule has 1 heterocycles. The molecule has 0 saturated carbocycles. The zero-order valence-electron chi connectivity index (χ0n) is 16.3. The Morgan fingerprint density at radius 1 is 1.44 bits per heavy atom. The normalized spacial score (nSPS) is 13.3. The molecule has 0 aliphatic rings. The fourth-order valence-electron chi connectivity index (χ4n) is 2.08. The fraction of sp³-hybridized carbons (Fsp3) is 0.750. The first-order valence-corrected chi connectivity index (χ1v) is 8.34. The van der Waals surface area contributed by atoms with Crippen LogP contribution in [0.15, 0.2) is 11.3 Å². The Morgan fingerprint density at radius 2 is 2.12 bits per heavy atom. The van der Waals surface area contributed by atoms with E-state index in [1.165, 1.54) is 6.33 Å². The highest BCUT2D eigenvalue weighted by Gasteiger charge is 2.20. The molecular weight excluding hydrogens is 322 g/mol. The van der Waals surface area contributed by atoms with Gasteiger partial charge in [-0.3, -0.25) is 9.67 Å². The average molecular weight is 353 g/mol. The quantitative estimate of drug-likeness (QED) is 0.585. The van der Waals surface area contributed by atoms with Gasteiger partial charge in [0.15, 0.2) is 5.96 Å². The molecule has 9 heteroatoms. The molecule has 1 rings (SSSR count). The molecule has 1 aromatic heterocycles. The summed E-state index contributed by atoms with van der Waals surface area (Å²) in [5, 5.41) is 10.5. The van der Waals surface area contributed by atoms with Crippen LogP contribution in [0.1, 0.15) is 33.5 Å². The van der Waals surface area contributed by atoms with Crippen molar-refractivity contribution >= 4 is 12.1 Å². The second-order valence-electron chi connectivity index (χ2n) is 7.07. The number of nitrogens with one attached hydrogen (secondary N) is 2. The molecule has 0 bridgehead atoms. The first kappa shape index (κ1) is 20.7. The van der Waals surface area contributed by atoms with E-state index in [1.54, 1.807) is 23.7 Å². The number of hydrogen-bond donors (Lipinski definition) is 2. The molecule has 0 fully saturated rings. The molecule has 0 radical (unpaired) electrons. The molecule has 25 heavy (non-hydrogen) atoms. The summed E-state index contributed by atoms with van der Waals surface area (Å²) in [7, 11) is 5.30. The van der Waals surface area contributed by atoms with Gasteiger partial charge in [0.2, 0.25) is 0 Å². The fourth-order valence-corrected chi connectivity index (χ4v) is 2.08. The van der Waals surface area contributed by atoms with Gasteiger partial charge in [0, 0.05) is 34.2 Å². The standard InChI is InChI=1S/C16H31N7O2/c1-12(10-22(6)15(24)25-16(2,3)4)8-18-14(17-5)19-9-13-20-11-21-23(13)7/h11-12H,8-10H2,1-7H3,(H2,17,18,19). The lowest BCUT2D eigenvalue weighted by Crippen LogP contribution is -2.42. The minimum atomic E-state index is -0.487. The van der Waals surface area contributed by atoms with Crippen LogP contribution >= 0.6 is 0 Å². The summed E-state index contributed by atoms with van der Waals surface area (Å²) in [6.07, 6.45) is 1.20. The molecule has 1 unspecified atom stereocenters. The number of hydrogen-bond acceptors (Lipinski definition) is 5. The summed E-state index contributed by atoms with van der Waals surface area (Å²) in [5.74, 6) is 1.72. The average Bonchev–Trinajstić information content (AvgIpc) is 2.91. The van der Waals surface area contributed by atoms with Crippen LogP contribution in [0.25, 0.3) is 0 Å². The minimum Gasteiger partial charge on any atom is -0.444 e.